The van der Waals surface area contributed by atoms with Gasteiger partial charge in [-0.15, -0.1) is 0 Å². The number of hydrogen-bond acceptors (Lipinski definition) is 3. The van der Waals surface area contributed by atoms with E-state index in [-0.39, 0.29) is 16.3 Å². The molecule has 0 saturated carbocycles. The third-order valence-electron chi connectivity index (χ3n) is 2.08. The minimum Gasteiger partial charge on any atom is -0.306 e. The average Bonchev–Trinajstić information content (AvgIpc) is 2.30. The van der Waals surface area contributed by atoms with Crippen molar-refractivity contribution >= 4 is 62.5 Å². The van der Waals surface area contributed by atoms with E-state index in [1.165, 1.54) is 6.07 Å². The number of benzene rings is 1. The zero-order valence-electron chi connectivity index (χ0n) is 9.12. The van der Waals surface area contributed by atoms with Crippen molar-refractivity contribution < 1.29 is 4.79 Å². The summed E-state index contributed by atoms with van der Waals surface area (Å²) in [5.74, 6) is -0.219. The van der Waals surface area contributed by atoms with Gasteiger partial charge in [0.25, 0.3) is 5.91 Å². The quantitative estimate of drug-likeness (QED) is 0.618. The van der Waals surface area contributed by atoms with Crippen molar-refractivity contribution in [3.8, 4) is 0 Å². The van der Waals surface area contributed by atoms with Crippen LogP contribution in [-0.2, 0) is 0 Å². The van der Waals surface area contributed by atoms with E-state index in [0.29, 0.717) is 10.6 Å². The van der Waals surface area contributed by atoms with Crippen molar-refractivity contribution in [1.82, 2.24) is 9.97 Å². The number of nitrogens with zero attached hydrogens (tertiary/aromatic N) is 2. The molecule has 1 aromatic carbocycles. The van der Waals surface area contributed by atoms with Crippen molar-refractivity contribution in [2.24, 2.45) is 0 Å². The van der Waals surface area contributed by atoms with Gasteiger partial charge >= 0.3 is 0 Å². The van der Waals surface area contributed by atoms with Gasteiger partial charge in [-0.05, 0) is 29.8 Å². The van der Waals surface area contributed by atoms with Crippen molar-refractivity contribution in [2.45, 2.75) is 0 Å². The van der Waals surface area contributed by atoms with Crippen LogP contribution >= 0.6 is 50.7 Å². The van der Waals surface area contributed by atoms with E-state index < -0.39 is 5.91 Å². The molecule has 1 N–H and O–H groups in total. The molecule has 19 heavy (non-hydrogen) atoms. The molecular formula is C11H5BrCl3N3O. The van der Waals surface area contributed by atoms with Gasteiger partial charge in [0.2, 0.25) is 5.28 Å². The van der Waals surface area contributed by atoms with Crippen LogP contribution in [-0.4, -0.2) is 15.9 Å². The molecule has 0 aliphatic carbocycles. The van der Waals surface area contributed by atoms with Crippen molar-refractivity contribution in [3.05, 3.63) is 49.8 Å². The first-order valence-corrected chi connectivity index (χ1v) is 6.85. The number of aromatic nitrogens is 2. The van der Waals surface area contributed by atoms with Gasteiger partial charge in [0.1, 0.15) is 11.0 Å². The first-order valence-electron chi connectivity index (χ1n) is 4.92. The van der Waals surface area contributed by atoms with Crippen molar-refractivity contribution in [1.29, 1.82) is 0 Å². The third kappa shape index (κ3) is 3.79. The molecule has 2 rings (SSSR count). The van der Waals surface area contributed by atoms with E-state index in [2.05, 4.69) is 31.2 Å². The minimum absolute atomic E-state index is 0.0526. The molecule has 0 radical (unpaired) electrons. The first kappa shape index (κ1) is 14.5. The molecule has 2 aromatic rings. The van der Waals surface area contributed by atoms with Crippen LogP contribution in [0.1, 0.15) is 10.4 Å². The summed E-state index contributed by atoms with van der Waals surface area (Å²) in [6.45, 7) is 0. The van der Waals surface area contributed by atoms with Crippen LogP contribution in [0, 0.1) is 0 Å². The smallest absolute Gasteiger partial charge is 0.258 e. The molecule has 0 bridgehead atoms. The second-order valence-electron chi connectivity index (χ2n) is 3.42. The average molecular weight is 381 g/mol. The van der Waals surface area contributed by atoms with Gasteiger partial charge in [-0.2, -0.15) is 0 Å². The summed E-state index contributed by atoms with van der Waals surface area (Å²) < 4.78 is 0.737. The Hall–Kier alpha value is -0.880. The molecule has 1 heterocycles. The maximum absolute atomic E-state index is 12.0. The van der Waals surface area contributed by atoms with E-state index >= 15 is 0 Å². The summed E-state index contributed by atoms with van der Waals surface area (Å²) in [6.07, 6.45) is 0. The second-order valence-corrected chi connectivity index (χ2v) is 5.47. The highest BCUT2D eigenvalue weighted by atomic mass is 79.9. The summed E-state index contributed by atoms with van der Waals surface area (Å²) in [6, 6.07) is 6.33. The topological polar surface area (TPSA) is 54.9 Å². The number of hydrogen-bond donors (Lipinski definition) is 1. The van der Waals surface area contributed by atoms with Gasteiger partial charge in [0.15, 0.2) is 0 Å². The lowest BCUT2D eigenvalue weighted by Gasteiger charge is -2.07. The van der Waals surface area contributed by atoms with Crippen LogP contribution in [0.25, 0.3) is 0 Å². The highest BCUT2D eigenvalue weighted by Crippen LogP contribution is 2.22. The van der Waals surface area contributed by atoms with Crippen molar-refractivity contribution in [3.63, 3.8) is 0 Å². The SMILES string of the molecule is O=C(Nc1cc(Cl)nc(Cl)n1)c1cc(Br)ccc1Cl. The molecule has 0 unspecified atom stereocenters. The maximum Gasteiger partial charge on any atom is 0.258 e. The van der Waals surface area contributed by atoms with E-state index in [0.717, 1.165) is 4.47 Å². The summed E-state index contributed by atoms with van der Waals surface area (Å²) in [5, 5.41) is 2.95. The molecule has 0 spiro atoms. The number of halogens is 4. The number of nitrogens with one attached hydrogen (secondary N) is 1. The molecule has 0 fully saturated rings. The summed E-state index contributed by atoms with van der Waals surface area (Å²) in [5.41, 5.74) is 0.307. The lowest BCUT2D eigenvalue weighted by Crippen LogP contribution is -2.13. The fourth-order valence-electron chi connectivity index (χ4n) is 1.31. The zero-order valence-corrected chi connectivity index (χ0v) is 13.0. The molecule has 0 aliphatic heterocycles. The summed E-state index contributed by atoms with van der Waals surface area (Å²) in [4.78, 5) is 19.6. The second kappa shape index (κ2) is 6.05. The molecule has 1 aromatic heterocycles. The third-order valence-corrected chi connectivity index (χ3v) is 3.27. The molecule has 0 aliphatic rings. The van der Waals surface area contributed by atoms with Gasteiger partial charge in [-0.3, -0.25) is 4.79 Å². The molecule has 0 atom stereocenters. The highest BCUT2D eigenvalue weighted by molar-refractivity contribution is 9.10. The fraction of sp³-hybridized carbons (Fsp3) is 0. The van der Waals surface area contributed by atoms with Crippen LogP contribution in [0.15, 0.2) is 28.7 Å². The van der Waals surface area contributed by atoms with E-state index in [1.807, 2.05) is 0 Å². The summed E-state index contributed by atoms with van der Waals surface area (Å²) >= 11 is 20.6. The van der Waals surface area contributed by atoms with Gasteiger partial charge < -0.3 is 5.32 Å². The highest BCUT2D eigenvalue weighted by Gasteiger charge is 2.12. The normalized spacial score (nSPS) is 10.3. The van der Waals surface area contributed by atoms with Gasteiger partial charge in [-0.25, -0.2) is 9.97 Å². The van der Waals surface area contributed by atoms with Gasteiger partial charge in [0.05, 0.1) is 10.6 Å². The number of carbonyl (C=O) groups is 1. The van der Waals surface area contributed by atoms with Crippen LogP contribution in [0.3, 0.4) is 0 Å². The first-order chi connectivity index (χ1) is 8.95. The van der Waals surface area contributed by atoms with Crippen LogP contribution in [0.2, 0.25) is 15.5 Å². The molecular weight excluding hydrogens is 376 g/mol. The standard InChI is InChI=1S/C11H5BrCl3N3O/c12-5-1-2-7(13)6(3-5)10(19)17-9-4-8(14)16-11(15)18-9/h1-4H,(H,16,17,18,19). The number of rotatable bonds is 2. The van der Waals surface area contributed by atoms with Crippen LogP contribution < -0.4 is 5.32 Å². The lowest BCUT2D eigenvalue weighted by atomic mass is 10.2. The Bertz CT molecular complexity index is 631. The van der Waals surface area contributed by atoms with Crippen LogP contribution in [0.4, 0.5) is 5.82 Å². The molecule has 4 nitrogen and oxygen atoms in total. The predicted molar refractivity (Wildman–Crippen MR) is 79.2 cm³/mol. The number of amides is 1. The lowest BCUT2D eigenvalue weighted by molar-refractivity contribution is 0.102. The Morgan fingerprint density at radius 1 is 1.16 bits per heavy atom. The van der Waals surface area contributed by atoms with Crippen LogP contribution in [0.5, 0.6) is 0 Å². The molecule has 98 valence electrons. The largest absolute Gasteiger partial charge is 0.306 e. The van der Waals surface area contributed by atoms with Gasteiger partial charge in [0, 0.05) is 10.5 Å². The fourth-order valence-corrected chi connectivity index (χ4v) is 2.28. The molecule has 1 amide bonds. The maximum atomic E-state index is 12.0. The predicted octanol–water partition coefficient (Wildman–Crippen LogP) is 4.45. The molecule has 0 saturated heterocycles. The van der Waals surface area contributed by atoms with Crippen molar-refractivity contribution in [2.75, 3.05) is 5.32 Å². The number of carbonyl (C=O) groups excluding carboxylic acids is 1. The Labute approximate surface area is 132 Å². The monoisotopic (exact) mass is 379 g/mol. The van der Waals surface area contributed by atoms with E-state index in [1.54, 1.807) is 18.2 Å². The summed E-state index contributed by atoms with van der Waals surface area (Å²) in [7, 11) is 0. The van der Waals surface area contributed by atoms with Gasteiger partial charge in [-0.1, -0.05) is 39.1 Å². The number of anilines is 1. The zero-order chi connectivity index (χ0) is 14.0. The minimum atomic E-state index is -0.419. The Morgan fingerprint density at radius 2 is 1.89 bits per heavy atom. The van der Waals surface area contributed by atoms with E-state index in [4.69, 9.17) is 34.8 Å². The molecule has 8 heteroatoms. The Balaban J connectivity index is 2.28. The Kier molecular flexibility index (Phi) is 4.62. The Morgan fingerprint density at radius 3 is 2.58 bits per heavy atom. The van der Waals surface area contributed by atoms with E-state index in [9.17, 15) is 4.79 Å².